The Labute approximate surface area is 145 Å². The van der Waals surface area contributed by atoms with Gasteiger partial charge in [0.25, 0.3) is 5.91 Å². The second-order valence-electron chi connectivity index (χ2n) is 6.76. The van der Waals surface area contributed by atoms with Gasteiger partial charge in [0.15, 0.2) is 11.8 Å². The molecule has 0 spiro atoms. The van der Waals surface area contributed by atoms with Crippen molar-refractivity contribution in [1.82, 2.24) is 0 Å². The molecule has 2 fully saturated rings. The molecule has 1 aromatic carbocycles. The summed E-state index contributed by atoms with van der Waals surface area (Å²) in [6.45, 7) is 2.79. The number of likely N-dealkylation sites (tertiary alicyclic amines) is 1. The number of imide groups is 1. The van der Waals surface area contributed by atoms with E-state index in [4.69, 9.17) is 5.73 Å². The quantitative estimate of drug-likeness (QED) is 0.557. The lowest BCUT2D eigenvalue weighted by molar-refractivity contribution is -0.920. The molecule has 3 N–H and O–H groups in total. The first kappa shape index (κ1) is 17.3. The van der Waals surface area contributed by atoms with E-state index in [2.05, 4.69) is 0 Å². The van der Waals surface area contributed by atoms with Crippen LogP contribution in [-0.2, 0) is 14.4 Å². The normalized spacial score (nSPS) is 26.8. The lowest BCUT2D eigenvalue weighted by Gasteiger charge is -2.30. The zero-order chi connectivity index (χ0) is 18.1. The molecule has 0 aromatic heterocycles. The van der Waals surface area contributed by atoms with E-state index in [1.165, 1.54) is 11.8 Å². The highest BCUT2D eigenvalue weighted by molar-refractivity contribution is 6.22. The third-order valence-corrected chi connectivity index (χ3v) is 5.20. The molecule has 7 nitrogen and oxygen atoms in total. The van der Waals surface area contributed by atoms with Gasteiger partial charge in [0, 0.05) is 24.3 Å². The molecule has 0 bridgehead atoms. The zero-order valence-corrected chi connectivity index (χ0v) is 14.2. The highest BCUT2D eigenvalue weighted by Gasteiger charge is 2.46. The Bertz CT molecular complexity index is 720. The van der Waals surface area contributed by atoms with Crippen LogP contribution in [-0.4, -0.2) is 42.6 Å². The number of rotatable bonds is 4. The number of benzene rings is 1. The van der Waals surface area contributed by atoms with E-state index in [0.29, 0.717) is 37.2 Å². The van der Waals surface area contributed by atoms with Crippen LogP contribution >= 0.6 is 0 Å². The van der Waals surface area contributed by atoms with Crippen LogP contribution in [0.2, 0.25) is 0 Å². The van der Waals surface area contributed by atoms with Gasteiger partial charge in [-0.05, 0) is 31.2 Å². The molecule has 2 aliphatic heterocycles. The minimum absolute atomic E-state index is 0.0646. The fourth-order valence-corrected chi connectivity index (χ4v) is 3.69. The maximum absolute atomic E-state index is 12.8. The number of hydrogen-bond acceptors (Lipinski definition) is 4. The van der Waals surface area contributed by atoms with Gasteiger partial charge in [-0.15, -0.1) is 0 Å². The minimum Gasteiger partial charge on any atom is -0.369 e. The lowest BCUT2D eigenvalue weighted by Crippen LogP contribution is -3.17. The molecule has 1 aromatic rings. The van der Waals surface area contributed by atoms with Gasteiger partial charge in [0.2, 0.25) is 11.8 Å². The summed E-state index contributed by atoms with van der Waals surface area (Å²) < 4.78 is 0. The minimum atomic E-state index is -0.409. The third-order valence-electron chi connectivity index (χ3n) is 5.20. The van der Waals surface area contributed by atoms with Crippen molar-refractivity contribution in [2.75, 3.05) is 18.0 Å². The number of nitrogens with zero attached hydrogens (tertiary/aromatic N) is 1. The second-order valence-corrected chi connectivity index (χ2v) is 6.76. The van der Waals surface area contributed by atoms with Gasteiger partial charge in [-0.2, -0.15) is 0 Å². The molecule has 2 heterocycles. The highest BCUT2D eigenvalue weighted by Crippen LogP contribution is 2.23. The molecule has 7 heteroatoms. The first-order valence-electron chi connectivity index (χ1n) is 8.50. The summed E-state index contributed by atoms with van der Waals surface area (Å²) in [6, 6.07) is 6.09. The molecule has 25 heavy (non-hydrogen) atoms. The largest absolute Gasteiger partial charge is 0.369 e. The maximum Gasteiger partial charge on any atom is 0.292 e. The average molecular weight is 344 g/mol. The van der Waals surface area contributed by atoms with Gasteiger partial charge in [-0.25, -0.2) is 4.90 Å². The average Bonchev–Trinajstić information content (AvgIpc) is 2.89. The zero-order valence-electron chi connectivity index (χ0n) is 14.2. The van der Waals surface area contributed by atoms with Crippen molar-refractivity contribution in [2.45, 2.75) is 32.2 Å². The van der Waals surface area contributed by atoms with E-state index in [-0.39, 0.29) is 35.8 Å². The van der Waals surface area contributed by atoms with E-state index in [1.54, 1.807) is 24.3 Å². The number of hydrogen-bond donors (Lipinski definition) is 2. The number of Topliss-reactive ketones (excluding diaryl/α,β-unsaturated/α-hetero) is 1. The number of ketones is 1. The predicted molar refractivity (Wildman–Crippen MR) is 90.0 cm³/mol. The number of quaternary nitrogens is 1. The molecule has 0 radical (unpaired) electrons. The summed E-state index contributed by atoms with van der Waals surface area (Å²) in [7, 11) is 0. The van der Waals surface area contributed by atoms with Crippen LogP contribution in [0.5, 0.6) is 0 Å². The Balaban J connectivity index is 1.72. The number of primary amides is 1. The van der Waals surface area contributed by atoms with Crippen molar-refractivity contribution >= 4 is 29.2 Å². The monoisotopic (exact) mass is 344 g/mol. The van der Waals surface area contributed by atoms with Gasteiger partial charge in [-0.3, -0.25) is 19.2 Å². The lowest BCUT2D eigenvalue weighted by atomic mass is 9.95. The van der Waals surface area contributed by atoms with E-state index in [0.717, 1.165) is 4.90 Å². The molecule has 1 atom stereocenters. The number of nitrogens with two attached hydrogens (primary N) is 1. The summed E-state index contributed by atoms with van der Waals surface area (Å²) in [6.07, 6.45) is 1.47. The standard InChI is InChI=1S/C18H21N3O4/c1-11(22)12-2-4-14(5-3-12)21-16(23)10-15(18(21)25)20-8-6-13(7-9-20)17(19)24/h2-5,13,15H,6-10H2,1H3,(H2,19,24)/p+1/t15-/m0/s1. The first-order valence-corrected chi connectivity index (χ1v) is 8.50. The molecule has 0 aliphatic carbocycles. The number of amides is 3. The molecule has 2 saturated heterocycles. The van der Waals surface area contributed by atoms with E-state index < -0.39 is 6.04 Å². The molecule has 3 amide bonds. The molecule has 3 rings (SSSR count). The Morgan fingerprint density at radius 2 is 1.72 bits per heavy atom. The van der Waals surface area contributed by atoms with E-state index >= 15 is 0 Å². The summed E-state index contributed by atoms with van der Waals surface area (Å²) in [5, 5.41) is 0. The molecule has 0 saturated carbocycles. The number of carbonyl (C=O) groups excluding carboxylic acids is 4. The van der Waals surface area contributed by atoms with Gasteiger partial charge >= 0.3 is 0 Å². The predicted octanol–water partition coefficient (Wildman–Crippen LogP) is -0.699. The third kappa shape index (κ3) is 3.32. The molecule has 0 unspecified atom stereocenters. The van der Waals surface area contributed by atoms with Crippen LogP contribution in [0.15, 0.2) is 24.3 Å². The van der Waals surface area contributed by atoms with Crippen LogP contribution in [0.25, 0.3) is 0 Å². The van der Waals surface area contributed by atoms with Crippen LogP contribution < -0.4 is 15.5 Å². The maximum atomic E-state index is 12.8. The Kier molecular flexibility index (Phi) is 4.67. The fraction of sp³-hybridized carbons (Fsp3) is 0.444. The molecular formula is C18H22N3O4+. The van der Waals surface area contributed by atoms with Crippen LogP contribution in [0.3, 0.4) is 0 Å². The van der Waals surface area contributed by atoms with Gasteiger partial charge < -0.3 is 10.6 Å². The number of carbonyl (C=O) groups is 4. The van der Waals surface area contributed by atoms with Crippen LogP contribution in [0.1, 0.15) is 36.5 Å². The number of piperidine rings is 1. The van der Waals surface area contributed by atoms with Crippen LogP contribution in [0.4, 0.5) is 5.69 Å². The van der Waals surface area contributed by atoms with Crippen molar-refractivity contribution in [3.05, 3.63) is 29.8 Å². The fourth-order valence-electron chi connectivity index (χ4n) is 3.69. The van der Waals surface area contributed by atoms with Gasteiger partial charge in [0.05, 0.1) is 25.2 Å². The van der Waals surface area contributed by atoms with Crippen molar-refractivity contribution in [3.8, 4) is 0 Å². The van der Waals surface area contributed by atoms with Gasteiger partial charge in [-0.1, -0.05) is 0 Å². The second kappa shape index (κ2) is 6.76. The summed E-state index contributed by atoms with van der Waals surface area (Å²) in [5.74, 6) is -0.931. The molecule has 2 aliphatic rings. The van der Waals surface area contributed by atoms with E-state index in [9.17, 15) is 19.2 Å². The summed E-state index contributed by atoms with van der Waals surface area (Å²) in [4.78, 5) is 50.0. The summed E-state index contributed by atoms with van der Waals surface area (Å²) in [5.41, 5.74) is 6.38. The number of anilines is 1. The van der Waals surface area contributed by atoms with Crippen molar-refractivity contribution in [2.24, 2.45) is 11.7 Å². The molecular weight excluding hydrogens is 322 g/mol. The Morgan fingerprint density at radius 1 is 1.12 bits per heavy atom. The number of nitrogens with one attached hydrogen (secondary N) is 1. The summed E-state index contributed by atoms with van der Waals surface area (Å²) >= 11 is 0. The topological polar surface area (TPSA) is 102 Å². The Morgan fingerprint density at radius 3 is 2.24 bits per heavy atom. The van der Waals surface area contributed by atoms with Gasteiger partial charge in [0.1, 0.15) is 0 Å². The van der Waals surface area contributed by atoms with Crippen molar-refractivity contribution < 1.29 is 24.1 Å². The smallest absolute Gasteiger partial charge is 0.292 e. The first-order chi connectivity index (χ1) is 11.9. The van der Waals surface area contributed by atoms with E-state index in [1.807, 2.05) is 0 Å². The highest BCUT2D eigenvalue weighted by atomic mass is 16.2. The van der Waals surface area contributed by atoms with Crippen molar-refractivity contribution in [1.29, 1.82) is 0 Å². The SMILES string of the molecule is CC(=O)c1ccc(N2C(=O)C[C@H]([NH+]3CCC(C(N)=O)CC3)C2=O)cc1. The van der Waals surface area contributed by atoms with Crippen LogP contribution in [0, 0.1) is 5.92 Å². The van der Waals surface area contributed by atoms with Crippen molar-refractivity contribution in [3.63, 3.8) is 0 Å². The Hall–Kier alpha value is -2.54. The molecule has 132 valence electrons.